The monoisotopic (exact) mass is 229 g/mol. The van der Waals surface area contributed by atoms with E-state index in [0.29, 0.717) is 5.92 Å². The van der Waals surface area contributed by atoms with E-state index >= 15 is 0 Å². The van der Waals surface area contributed by atoms with E-state index in [2.05, 4.69) is 11.8 Å². The third-order valence-electron chi connectivity index (χ3n) is 3.26. The Balaban J connectivity index is 2.24. The lowest BCUT2D eigenvalue weighted by Gasteiger charge is -2.14. The summed E-state index contributed by atoms with van der Waals surface area (Å²) < 4.78 is 9.82. The molecule has 4 nitrogen and oxygen atoms in total. The first kappa shape index (κ1) is 13.5. The van der Waals surface area contributed by atoms with Crippen molar-refractivity contribution >= 4 is 5.97 Å². The van der Waals surface area contributed by atoms with Crippen LogP contribution in [0, 0.1) is 11.8 Å². The van der Waals surface area contributed by atoms with Crippen LogP contribution in [0.2, 0.25) is 0 Å². The molecule has 0 radical (unpaired) electrons. The van der Waals surface area contributed by atoms with E-state index in [9.17, 15) is 4.79 Å². The Bertz CT molecular complexity index is 220. The summed E-state index contributed by atoms with van der Waals surface area (Å²) in [6.45, 7) is 5.86. The van der Waals surface area contributed by atoms with Crippen molar-refractivity contribution in [3.63, 3.8) is 0 Å². The molecule has 0 saturated carbocycles. The first-order valence-electron chi connectivity index (χ1n) is 5.98. The van der Waals surface area contributed by atoms with Crippen molar-refractivity contribution in [2.45, 2.75) is 19.8 Å². The van der Waals surface area contributed by atoms with Gasteiger partial charge in [-0.2, -0.15) is 0 Å². The number of unbranched alkanes of at least 4 members (excludes halogenated alkanes) is 1. The molecule has 2 atom stereocenters. The van der Waals surface area contributed by atoms with Gasteiger partial charge in [0.15, 0.2) is 0 Å². The maximum Gasteiger partial charge on any atom is 0.310 e. The number of nitrogens with zero attached hydrogens (tertiary/aromatic N) is 1. The number of likely N-dealkylation sites (tertiary alicyclic amines) is 1. The summed E-state index contributed by atoms with van der Waals surface area (Å²) in [7, 11) is 3.20. The fourth-order valence-corrected chi connectivity index (χ4v) is 2.29. The van der Waals surface area contributed by atoms with Crippen molar-refractivity contribution in [1.29, 1.82) is 0 Å². The van der Waals surface area contributed by atoms with E-state index in [4.69, 9.17) is 9.47 Å². The average Bonchev–Trinajstić information content (AvgIpc) is 2.65. The van der Waals surface area contributed by atoms with Crippen LogP contribution in [0.3, 0.4) is 0 Å². The fraction of sp³-hybridized carbons (Fsp3) is 0.917. The molecule has 4 heteroatoms. The smallest absolute Gasteiger partial charge is 0.310 e. The molecule has 1 saturated heterocycles. The molecule has 16 heavy (non-hydrogen) atoms. The minimum atomic E-state index is -0.0631. The highest BCUT2D eigenvalue weighted by Gasteiger charge is 2.34. The van der Waals surface area contributed by atoms with Crippen LogP contribution in [-0.4, -0.2) is 51.3 Å². The first-order valence-corrected chi connectivity index (χ1v) is 5.98. The molecule has 0 aromatic rings. The largest absolute Gasteiger partial charge is 0.469 e. The first-order chi connectivity index (χ1) is 7.69. The summed E-state index contributed by atoms with van der Waals surface area (Å²) in [5.74, 6) is 0.411. The number of esters is 1. The average molecular weight is 229 g/mol. The molecule has 0 aromatic carbocycles. The number of carbonyl (C=O) groups is 1. The summed E-state index contributed by atoms with van der Waals surface area (Å²) in [6.07, 6.45) is 2.22. The predicted molar refractivity (Wildman–Crippen MR) is 62.2 cm³/mol. The highest BCUT2D eigenvalue weighted by Crippen LogP contribution is 2.24. The molecule has 0 amide bonds. The highest BCUT2D eigenvalue weighted by molar-refractivity contribution is 5.73. The van der Waals surface area contributed by atoms with Gasteiger partial charge in [0.05, 0.1) is 13.0 Å². The van der Waals surface area contributed by atoms with Gasteiger partial charge in [0.2, 0.25) is 0 Å². The Morgan fingerprint density at radius 2 is 2.06 bits per heavy atom. The number of hydrogen-bond donors (Lipinski definition) is 0. The normalized spacial score (nSPS) is 25.9. The fourth-order valence-electron chi connectivity index (χ4n) is 2.29. The molecule has 2 unspecified atom stereocenters. The SMILES string of the molecule is COCCCCN1CC(C)C(C(=O)OC)C1. The Morgan fingerprint density at radius 1 is 1.31 bits per heavy atom. The second-order valence-electron chi connectivity index (χ2n) is 4.57. The van der Waals surface area contributed by atoms with Crippen LogP contribution in [0.1, 0.15) is 19.8 Å². The van der Waals surface area contributed by atoms with Gasteiger partial charge in [-0.25, -0.2) is 0 Å². The quantitative estimate of drug-likeness (QED) is 0.506. The molecule has 1 fully saturated rings. The molecular weight excluding hydrogens is 206 g/mol. The summed E-state index contributed by atoms with van der Waals surface area (Å²) in [4.78, 5) is 13.8. The molecule has 0 aromatic heterocycles. The van der Waals surface area contributed by atoms with Crippen LogP contribution in [-0.2, 0) is 14.3 Å². The van der Waals surface area contributed by atoms with Crippen LogP contribution in [0.5, 0.6) is 0 Å². The molecule has 0 N–H and O–H groups in total. The molecule has 1 aliphatic rings. The van der Waals surface area contributed by atoms with Crippen molar-refractivity contribution in [1.82, 2.24) is 4.90 Å². The van der Waals surface area contributed by atoms with Crippen LogP contribution in [0.15, 0.2) is 0 Å². The Morgan fingerprint density at radius 3 is 2.69 bits per heavy atom. The molecule has 0 spiro atoms. The molecule has 1 heterocycles. The second kappa shape index (κ2) is 6.86. The minimum absolute atomic E-state index is 0.0624. The van der Waals surface area contributed by atoms with Gasteiger partial charge in [-0.3, -0.25) is 4.79 Å². The lowest BCUT2D eigenvalue weighted by molar-refractivity contribution is -0.146. The Hall–Kier alpha value is -0.610. The topological polar surface area (TPSA) is 38.8 Å². The molecule has 1 aliphatic heterocycles. The van der Waals surface area contributed by atoms with E-state index in [0.717, 1.165) is 39.1 Å². The molecule has 1 rings (SSSR count). The van der Waals surface area contributed by atoms with Crippen molar-refractivity contribution in [2.75, 3.05) is 40.5 Å². The van der Waals surface area contributed by atoms with E-state index < -0.39 is 0 Å². The lowest BCUT2D eigenvalue weighted by atomic mass is 9.99. The summed E-state index contributed by atoms with van der Waals surface area (Å²) in [5, 5.41) is 0. The van der Waals surface area contributed by atoms with Crippen molar-refractivity contribution in [2.24, 2.45) is 11.8 Å². The zero-order chi connectivity index (χ0) is 12.0. The van der Waals surface area contributed by atoms with Crippen LogP contribution >= 0.6 is 0 Å². The highest BCUT2D eigenvalue weighted by atomic mass is 16.5. The zero-order valence-corrected chi connectivity index (χ0v) is 10.6. The van der Waals surface area contributed by atoms with Gasteiger partial charge in [-0.05, 0) is 25.3 Å². The van der Waals surface area contributed by atoms with Gasteiger partial charge in [0, 0.05) is 26.8 Å². The number of rotatable bonds is 6. The Kier molecular flexibility index (Phi) is 5.77. The van der Waals surface area contributed by atoms with Crippen molar-refractivity contribution in [3.8, 4) is 0 Å². The standard InChI is InChI=1S/C12H23NO3/c1-10-8-13(6-4-5-7-15-2)9-11(10)12(14)16-3/h10-11H,4-9H2,1-3H3. The van der Waals surface area contributed by atoms with Gasteiger partial charge in [-0.1, -0.05) is 6.92 Å². The van der Waals surface area contributed by atoms with Gasteiger partial charge in [0.1, 0.15) is 0 Å². The molecule has 0 bridgehead atoms. The maximum absolute atomic E-state index is 11.5. The van der Waals surface area contributed by atoms with E-state index in [1.165, 1.54) is 7.11 Å². The number of carbonyl (C=O) groups excluding carboxylic acids is 1. The summed E-state index contributed by atoms with van der Waals surface area (Å²) in [6, 6.07) is 0. The maximum atomic E-state index is 11.5. The van der Waals surface area contributed by atoms with E-state index in [1.54, 1.807) is 7.11 Å². The minimum Gasteiger partial charge on any atom is -0.469 e. The number of hydrogen-bond acceptors (Lipinski definition) is 4. The van der Waals surface area contributed by atoms with Crippen LogP contribution < -0.4 is 0 Å². The van der Waals surface area contributed by atoms with Crippen molar-refractivity contribution in [3.05, 3.63) is 0 Å². The van der Waals surface area contributed by atoms with Crippen LogP contribution in [0.4, 0.5) is 0 Å². The molecule has 94 valence electrons. The van der Waals surface area contributed by atoms with Gasteiger partial charge < -0.3 is 14.4 Å². The van der Waals surface area contributed by atoms with Crippen LogP contribution in [0.25, 0.3) is 0 Å². The predicted octanol–water partition coefficient (Wildman–Crippen LogP) is 1.15. The molecular formula is C12H23NO3. The summed E-state index contributed by atoms with van der Waals surface area (Å²) in [5.41, 5.74) is 0. The third kappa shape index (κ3) is 3.76. The number of ether oxygens (including phenoxy) is 2. The number of methoxy groups -OCH3 is 2. The van der Waals surface area contributed by atoms with Crippen molar-refractivity contribution < 1.29 is 14.3 Å². The van der Waals surface area contributed by atoms with Gasteiger partial charge >= 0.3 is 5.97 Å². The Labute approximate surface area is 97.9 Å². The summed E-state index contributed by atoms with van der Waals surface area (Å²) >= 11 is 0. The second-order valence-corrected chi connectivity index (χ2v) is 4.57. The van der Waals surface area contributed by atoms with E-state index in [1.807, 2.05) is 0 Å². The third-order valence-corrected chi connectivity index (χ3v) is 3.26. The van der Waals surface area contributed by atoms with E-state index in [-0.39, 0.29) is 11.9 Å². The van der Waals surface area contributed by atoms with Gasteiger partial charge in [0.25, 0.3) is 0 Å². The lowest BCUT2D eigenvalue weighted by Crippen LogP contribution is -2.25. The van der Waals surface area contributed by atoms with Gasteiger partial charge in [-0.15, -0.1) is 0 Å². The zero-order valence-electron chi connectivity index (χ0n) is 10.6. The molecule has 0 aliphatic carbocycles.